The number of carbonyl (C=O) groups excluding carboxylic acids is 1. The Morgan fingerprint density at radius 1 is 1.04 bits per heavy atom. The van der Waals surface area contributed by atoms with Crippen LogP contribution < -0.4 is 10.4 Å². The highest BCUT2D eigenvalue weighted by Crippen LogP contribution is 2.36. The van der Waals surface area contributed by atoms with Gasteiger partial charge in [0.15, 0.2) is 0 Å². The first-order valence-electron chi connectivity index (χ1n) is 8.41. The fraction of sp³-hybridized carbons (Fsp3) is 0.611. The second kappa shape index (κ2) is 5.35. The van der Waals surface area contributed by atoms with E-state index in [0.717, 1.165) is 17.6 Å². The maximum Gasteiger partial charge on any atom is 0.494 e. The van der Waals surface area contributed by atoms with Crippen molar-refractivity contribution in [2.75, 3.05) is 4.90 Å². The molecule has 1 aromatic carbocycles. The Bertz CT molecular complexity index is 595. The van der Waals surface area contributed by atoms with Crippen LogP contribution in [0.25, 0.3) is 0 Å². The van der Waals surface area contributed by atoms with E-state index in [0.29, 0.717) is 0 Å². The second-order valence-corrected chi connectivity index (χ2v) is 7.87. The van der Waals surface area contributed by atoms with E-state index in [-0.39, 0.29) is 36.2 Å². The van der Waals surface area contributed by atoms with Crippen LogP contribution in [-0.2, 0) is 14.1 Å². The SMILES string of the molecule is CC1CC(C)N(c2ccc(B3OC(C)(C)C(C)(C)O3)cc2)C1=O. The molecule has 2 aliphatic heterocycles. The molecule has 2 aliphatic rings. The van der Waals surface area contributed by atoms with Crippen molar-refractivity contribution in [1.29, 1.82) is 0 Å². The second-order valence-electron chi connectivity index (χ2n) is 7.87. The number of rotatable bonds is 2. The normalized spacial score (nSPS) is 29.4. The van der Waals surface area contributed by atoms with Gasteiger partial charge in [0.25, 0.3) is 0 Å². The van der Waals surface area contributed by atoms with Crippen LogP contribution in [0.2, 0.25) is 0 Å². The molecule has 3 rings (SSSR count). The van der Waals surface area contributed by atoms with Crippen molar-refractivity contribution in [3.05, 3.63) is 24.3 Å². The summed E-state index contributed by atoms with van der Waals surface area (Å²) in [6.07, 6.45) is 0.914. The molecule has 2 unspecified atom stereocenters. The molecule has 0 radical (unpaired) electrons. The molecule has 0 N–H and O–H groups in total. The van der Waals surface area contributed by atoms with Gasteiger partial charge in [0.1, 0.15) is 0 Å². The minimum Gasteiger partial charge on any atom is -0.399 e. The van der Waals surface area contributed by atoms with Crippen LogP contribution in [0.1, 0.15) is 48.0 Å². The Morgan fingerprint density at radius 3 is 2.00 bits per heavy atom. The molecule has 23 heavy (non-hydrogen) atoms. The maximum absolute atomic E-state index is 12.3. The van der Waals surface area contributed by atoms with E-state index in [1.54, 1.807) is 0 Å². The van der Waals surface area contributed by atoms with E-state index in [1.807, 2.05) is 63.8 Å². The minimum atomic E-state index is -0.361. The highest BCUT2D eigenvalue weighted by molar-refractivity contribution is 6.62. The van der Waals surface area contributed by atoms with Crippen LogP contribution in [0.3, 0.4) is 0 Å². The van der Waals surface area contributed by atoms with Gasteiger partial charge in [-0.05, 0) is 58.6 Å². The summed E-state index contributed by atoms with van der Waals surface area (Å²) in [5.41, 5.74) is 1.25. The monoisotopic (exact) mass is 315 g/mol. The number of carbonyl (C=O) groups is 1. The van der Waals surface area contributed by atoms with Crippen LogP contribution in [0.5, 0.6) is 0 Å². The molecule has 0 bridgehead atoms. The Balaban J connectivity index is 1.80. The van der Waals surface area contributed by atoms with E-state index < -0.39 is 0 Å². The smallest absolute Gasteiger partial charge is 0.399 e. The zero-order chi connectivity index (χ0) is 17.0. The van der Waals surface area contributed by atoms with Gasteiger partial charge in [-0.3, -0.25) is 4.79 Å². The molecule has 4 nitrogen and oxygen atoms in total. The first-order chi connectivity index (χ1) is 10.6. The molecule has 0 saturated carbocycles. The fourth-order valence-electron chi connectivity index (χ4n) is 3.33. The molecular weight excluding hydrogens is 289 g/mol. The first-order valence-corrected chi connectivity index (χ1v) is 8.41. The van der Waals surface area contributed by atoms with Gasteiger partial charge in [0, 0.05) is 17.6 Å². The number of hydrogen-bond donors (Lipinski definition) is 0. The quantitative estimate of drug-likeness (QED) is 0.788. The van der Waals surface area contributed by atoms with Gasteiger partial charge in [-0.2, -0.15) is 0 Å². The summed E-state index contributed by atoms with van der Waals surface area (Å²) < 4.78 is 12.1. The van der Waals surface area contributed by atoms with E-state index in [1.165, 1.54) is 0 Å². The van der Waals surface area contributed by atoms with Crippen molar-refractivity contribution in [3.63, 3.8) is 0 Å². The molecule has 0 aliphatic carbocycles. The van der Waals surface area contributed by atoms with E-state index >= 15 is 0 Å². The highest BCUT2D eigenvalue weighted by atomic mass is 16.7. The number of nitrogens with zero attached hydrogens (tertiary/aromatic N) is 1. The summed E-state index contributed by atoms with van der Waals surface area (Å²) in [4.78, 5) is 14.2. The lowest BCUT2D eigenvalue weighted by Crippen LogP contribution is -2.41. The predicted octanol–water partition coefficient (Wildman–Crippen LogP) is 2.75. The lowest BCUT2D eigenvalue weighted by atomic mass is 9.79. The third kappa shape index (κ3) is 2.70. The summed E-state index contributed by atoms with van der Waals surface area (Å²) in [7, 11) is -0.361. The first kappa shape index (κ1) is 16.5. The van der Waals surface area contributed by atoms with Crippen molar-refractivity contribution in [1.82, 2.24) is 0 Å². The molecule has 0 aromatic heterocycles. The Hall–Kier alpha value is -1.33. The molecule has 2 atom stereocenters. The molecule has 0 spiro atoms. The summed E-state index contributed by atoms with van der Waals surface area (Å²) in [6.45, 7) is 12.3. The van der Waals surface area contributed by atoms with Gasteiger partial charge in [-0.25, -0.2) is 0 Å². The zero-order valence-electron chi connectivity index (χ0n) is 14.9. The van der Waals surface area contributed by atoms with Crippen molar-refractivity contribution in [2.45, 2.75) is 65.2 Å². The summed E-state index contributed by atoms with van der Waals surface area (Å²) in [6, 6.07) is 8.24. The molecule has 2 saturated heterocycles. The number of benzene rings is 1. The molecular formula is C18H26BNO3. The Morgan fingerprint density at radius 2 is 1.57 bits per heavy atom. The van der Waals surface area contributed by atoms with E-state index in [4.69, 9.17) is 9.31 Å². The Kier molecular flexibility index (Phi) is 3.85. The summed E-state index contributed by atoms with van der Waals surface area (Å²) in [5.74, 6) is 0.314. The van der Waals surface area contributed by atoms with Gasteiger partial charge in [0.05, 0.1) is 11.2 Å². The third-order valence-electron chi connectivity index (χ3n) is 5.49. The third-order valence-corrected chi connectivity index (χ3v) is 5.49. The predicted molar refractivity (Wildman–Crippen MR) is 92.9 cm³/mol. The Labute approximate surface area is 139 Å². The van der Waals surface area contributed by atoms with Crippen LogP contribution in [-0.4, -0.2) is 30.3 Å². The van der Waals surface area contributed by atoms with Crippen LogP contribution >= 0.6 is 0 Å². The van der Waals surface area contributed by atoms with Gasteiger partial charge < -0.3 is 14.2 Å². The number of hydrogen-bond acceptors (Lipinski definition) is 3. The van der Waals surface area contributed by atoms with Crippen LogP contribution in [0.4, 0.5) is 5.69 Å². The van der Waals surface area contributed by atoms with Gasteiger partial charge in [0.2, 0.25) is 5.91 Å². The summed E-state index contributed by atoms with van der Waals surface area (Å²) >= 11 is 0. The lowest BCUT2D eigenvalue weighted by Gasteiger charge is -2.32. The largest absolute Gasteiger partial charge is 0.494 e. The van der Waals surface area contributed by atoms with E-state index in [2.05, 4.69) is 6.92 Å². The topological polar surface area (TPSA) is 38.8 Å². The fourth-order valence-corrected chi connectivity index (χ4v) is 3.33. The molecule has 1 amide bonds. The van der Waals surface area contributed by atoms with Crippen molar-refractivity contribution >= 4 is 24.2 Å². The van der Waals surface area contributed by atoms with Crippen molar-refractivity contribution in [2.24, 2.45) is 5.92 Å². The number of anilines is 1. The van der Waals surface area contributed by atoms with Crippen LogP contribution in [0.15, 0.2) is 24.3 Å². The standard InChI is InChI=1S/C18H26BNO3/c1-12-11-13(2)20(16(12)21)15-9-7-14(8-10-15)19-22-17(3,4)18(5,6)23-19/h7-10,12-13H,11H2,1-6H3. The zero-order valence-corrected chi connectivity index (χ0v) is 14.9. The molecule has 5 heteroatoms. The van der Waals surface area contributed by atoms with Crippen molar-refractivity contribution in [3.8, 4) is 0 Å². The van der Waals surface area contributed by atoms with E-state index in [9.17, 15) is 4.79 Å². The van der Waals surface area contributed by atoms with Crippen LogP contribution in [0, 0.1) is 5.92 Å². The van der Waals surface area contributed by atoms with Crippen molar-refractivity contribution < 1.29 is 14.1 Å². The maximum atomic E-state index is 12.3. The molecule has 124 valence electrons. The highest BCUT2D eigenvalue weighted by Gasteiger charge is 2.51. The molecule has 2 heterocycles. The molecule has 1 aromatic rings. The van der Waals surface area contributed by atoms with Gasteiger partial charge in [-0.1, -0.05) is 19.1 Å². The van der Waals surface area contributed by atoms with Gasteiger partial charge >= 0.3 is 7.12 Å². The minimum absolute atomic E-state index is 0.104. The molecule has 2 fully saturated rings. The summed E-state index contributed by atoms with van der Waals surface area (Å²) in [5, 5.41) is 0. The number of amides is 1. The average molecular weight is 315 g/mol. The lowest BCUT2D eigenvalue weighted by molar-refractivity contribution is -0.119. The average Bonchev–Trinajstić information content (AvgIpc) is 2.83. The van der Waals surface area contributed by atoms with Gasteiger partial charge in [-0.15, -0.1) is 0 Å².